The fourth-order valence-electron chi connectivity index (χ4n) is 0. The Morgan fingerprint density at radius 1 is 0.750 bits per heavy atom. The quantitative estimate of drug-likeness (QED) is 0.327. The maximum Gasteiger partial charge on any atom is 3.00 e. The molecule has 1 radical (unpaired) electrons. The Bertz CT molecular complexity index is 6.00. The van der Waals surface area contributed by atoms with Gasteiger partial charge in [0, 0.05) is 0 Å². The number of hydrogen-bond donors (Lipinski definition) is 0. The molecule has 0 fully saturated rings. The van der Waals surface area contributed by atoms with Gasteiger partial charge in [-0.2, -0.15) is 0 Å². The van der Waals surface area contributed by atoms with Gasteiger partial charge in [-0.05, 0) is 0 Å². The molecule has 0 aromatic rings. The monoisotopic (exact) mass is 155 g/mol. The topological polar surface area (TPSA) is 0 Å². The third kappa shape index (κ3) is 8.85. The average molecular weight is 155 g/mol. The maximum absolute atomic E-state index is 0. The normalized spacial score (nSPS) is 0. The molecule has 0 amide bonds. The van der Waals surface area contributed by atoms with Crippen LogP contribution in [-0.4, -0.2) is 0 Å². The van der Waals surface area contributed by atoms with Crippen molar-refractivity contribution < 1.29 is 68.7 Å². The van der Waals surface area contributed by atoms with E-state index in [0.717, 1.165) is 0 Å². The second kappa shape index (κ2) is 16.9. The van der Waals surface area contributed by atoms with E-state index in [9.17, 15) is 0 Å². The van der Waals surface area contributed by atoms with Gasteiger partial charge in [0.2, 0.25) is 0 Å². The van der Waals surface area contributed by atoms with Crippen LogP contribution < -0.4 is 51.4 Å². The van der Waals surface area contributed by atoms with Crippen molar-refractivity contribution in [3.8, 4) is 0 Å². The molecule has 0 unspecified atom stereocenters. The minimum atomic E-state index is 0. The van der Waals surface area contributed by atoms with Crippen LogP contribution in [0, 0.1) is 0 Å². The molecule has 0 aromatic carbocycles. The van der Waals surface area contributed by atoms with Gasteiger partial charge in [0.05, 0.1) is 0 Å². The zero-order chi connectivity index (χ0) is 0. The Hall–Kier alpha value is 2.87. The standard InChI is InChI=1S/Cr.K.2S/q+3;+1;2*-2. The fourth-order valence-corrected chi connectivity index (χ4v) is 0. The molecule has 0 N–H and O–H groups in total. The SMILES string of the molecule is [Cr+3].[K+].[S-2].[S-2]. The second-order valence-electron chi connectivity index (χ2n) is 0. The van der Waals surface area contributed by atoms with E-state index in [1.54, 1.807) is 0 Å². The first kappa shape index (κ1) is 28.7. The summed E-state index contributed by atoms with van der Waals surface area (Å²) in [4.78, 5) is 0. The minimum Gasteiger partial charge on any atom is -2.00 e. The van der Waals surface area contributed by atoms with Gasteiger partial charge in [0.25, 0.3) is 0 Å². The first-order valence-electron chi connectivity index (χ1n) is 0. The number of hydrogen-bond acceptors (Lipinski definition) is 0. The molecule has 0 atom stereocenters. The maximum atomic E-state index is 0. The van der Waals surface area contributed by atoms with E-state index >= 15 is 0 Å². The van der Waals surface area contributed by atoms with Gasteiger partial charge in [-0.1, -0.05) is 0 Å². The van der Waals surface area contributed by atoms with E-state index in [-0.39, 0.29) is 95.7 Å². The first-order valence-corrected chi connectivity index (χ1v) is 0. The first-order chi connectivity index (χ1) is 0. The van der Waals surface area contributed by atoms with Gasteiger partial charge in [-0.3, -0.25) is 0 Å². The summed E-state index contributed by atoms with van der Waals surface area (Å²) < 4.78 is 0. The van der Waals surface area contributed by atoms with Gasteiger partial charge >= 0.3 is 68.7 Å². The molecule has 0 saturated carbocycles. The summed E-state index contributed by atoms with van der Waals surface area (Å²) >= 11 is 0. The molecule has 0 saturated heterocycles. The van der Waals surface area contributed by atoms with E-state index < -0.39 is 0 Å². The number of rotatable bonds is 0. The molecule has 0 aromatic heterocycles. The van der Waals surface area contributed by atoms with Crippen molar-refractivity contribution >= 4 is 27.0 Å². The zero-order valence-corrected chi connectivity index (χ0v) is 8.26. The van der Waals surface area contributed by atoms with Gasteiger partial charge in [0.15, 0.2) is 0 Å². The molecule has 0 aliphatic carbocycles. The predicted octanol–water partition coefficient (Wildman–Crippen LogP) is -3.00. The van der Waals surface area contributed by atoms with Crippen molar-refractivity contribution in [3.05, 3.63) is 0 Å². The second-order valence-corrected chi connectivity index (χ2v) is 0. The van der Waals surface area contributed by atoms with Gasteiger partial charge in [0.1, 0.15) is 0 Å². The summed E-state index contributed by atoms with van der Waals surface area (Å²) in [6.07, 6.45) is 0. The van der Waals surface area contributed by atoms with Crippen LogP contribution in [0.4, 0.5) is 0 Å². The molecule has 0 heterocycles. The van der Waals surface area contributed by atoms with Crippen molar-refractivity contribution in [2.75, 3.05) is 0 Å². The van der Waals surface area contributed by atoms with Crippen LogP contribution in [0.25, 0.3) is 0 Å². The third-order valence-corrected chi connectivity index (χ3v) is 0. The average Bonchev–Trinajstić information content (AvgIpc) is 0. The Kier molecular flexibility index (Phi) is 121. The Labute approximate surface area is 93.6 Å². The largest absolute Gasteiger partial charge is 3.00 e. The molecule has 0 nitrogen and oxygen atoms in total. The van der Waals surface area contributed by atoms with Crippen LogP contribution in [0.2, 0.25) is 0 Å². The van der Waals surface area contributed by atoms with Crippen molar-refractivity contribution in [2.45, 2.75) is 0 Å². The van der Waals surface area contributed by atoms with Crippen LogP contribution in [0.5, 0.6) is 0 Å². The Balaban J connectivity index is 0. The van der Waals surface area contributed by atoms with Crippen molar-refractivity contribution in [1.82, 2.24) is 0 Å². The molecule has 0 spiro atoms. The van der Waals surface area contributed by atoms with E-state index in [0.29, 0.717) is 0 Å². The van der Waals surface area contributed by atoms with Gasteiger partial charge in [-0.15, -0.1) is 0 Å². The zero-order valence-electron chi connectivity index (χ0n) is 2.22. The molecule has 0 aliphatic rings. The van der Waals surface area contributed by atoms with Crippen LogP contribution in [0.1, 0.15) is 0 Å². The molecule has 4 heavy (non-hydrogen) atoms. The third-order valence-electron chi connectivity index (χ3n) is 0. The van der Waals surface area contributed by atoms with Crippen molar-refractivity contribution in [3.63, 3.8) is 0 Å². The molecular weight excluding hydrogens is 155 g/mol. The van der Waals surface area contributed by atoms with Crippen LogP contribution in [0.3, 0.4) is 0 Å². The van der Waals surface area contributed by atoms with Crippen LogP contribution in [0.15, 0.2) is 0 Å². The summed E-state index contributed by atoms with van der Waals surface area (Å²) in [5, 5.41) is 0. The smallest absolute Gasteiger partial charge is 2.00 e. The van der Waals surface area contributed by atoms with Gasteiger partial charge in [-0.25, -0.2) is 0 Å². The van der Waals surface area contributed by atoms with Crippen LogP contribution in [-0.2, 0) is 44.4 Å². The van der Waals surface area contributed by atoms with Crippen LogP contribution >= 0.6 is 0 Å². The van der Waals surface area contributed by atoms with Crippen molar-refractivity contribution in [1.29, 1.82) is 0 Å². The van der Waals surface area contributed by atoms with Crippen molar-refractivity contribution in [2.24, 2.45) is 0 Å². The fraction of sp³-hybridized carbons (Fsp3) is 0. The van der Waals surface area contributed by atoms with E-state index in [1.807, 2.05) is 0 Å². The summed E-state index contributed by atoms with van der Waals surface area (Å²) in [7, 11) is 0. The Morgan fingerprint density at radius 3 is 0.750 bits per heavy atom. The molecule has 4 heteroatoms. The summed E-state index contributed by atoms with van der Waals surface area (Å²) in [5.41, 5.74) is 0. The van der Waals surface area contributed by atoms with E-state index in [4.69, 9.17) is 0 Å². The molecule has 19 valence electrons. The molecule has 0 aliphatic heterocycles. The summed E-state index contributed by atoms with van der Waals surface area (Å²) in [6.45, 7) is 0. The molecular formula is CrKS2. The molecule has 0 rings (SSSR count). The van der Waals surface area contributed by atoms with Gasteiger partial charge < -0.3 is 27.0 Å². The minimum absolute atomic E-state index is 0. The van der Waals surface area contributed by atoms with E-state index in [2.05, 4.69) is 0 Å². The molecule has 0 bridgehead atoms. The predicted molar refractivity (Wildman–Crippen MR) is 14.7 cm³/mol. The van der Waals surface area contributed by atoms with E-state index in [1.165, 1.54) is 0 Å². The summed E-state index contributed by atoms with van der Waals surface area (Å²) in [5.74, 6) is 0. The Morgan fingerprint density at radius 2 is 0.750 bits per heavy atom. The summed E-state index contributed by atoms with van der Waals surface area (Å²) in [6, 6.07) is 0.